The molecule has 7 nitrogen and oxygen atoms in total. The van der Waals surface area contributed by atoms with Gasteiger partial charge in [-0.1, -0.05) is 17.7 Å². The van der Waals surface area contributed by atoms with E-state index < -0.39 is 17.0 Å². The van der Waals surface area contributed by atoms with Crippen molar-refractivity contribution in [1.82, 2.24) is 19.5 Å². The molecule has 0 spiro atoms. The summed E-state index contributed by atoms with van der Waals surface area (Å²) in [5.41, 5.74) is 2.15. The van der Waals surface area contributed by atoms with E-state index in [-0.39, 0.29) is 22.9 Å². The van der Waals surface area contributed by atoms with Gasteiger partial charge in [0.05, 0.1) is 22.8 Å². The lowest BCUT2D eigenvalue weighted by molar-refractivity contribution is 0.0740. The lowest BCUT2D eigenvalue weighted by atomic mass is 10.0. The molecule has 0 amide bonds. The van der Waals surface area contributed by atoms with Crippen molar-refractivity contribution in [3.05, 3.63) is 98.7 Å². The molecule has 0 unspecified atom stereocenters. The van der Waals surface area contributed by atoms with Crippen LogP contribution in [0, 0.1) is 19.7 Å². The Morgan fingerprint density at radius 3 is 2.63 bits per heavy atom. The van der Waals surface area contributed by atoms with E-state index in [9.17, 15) is 14.3 Å². The molecule has 0 aliphatic rings. The number of aliphatic hydroxyl groups is 1. The fourth-order valence-electron chi connectivity index (χ4n) is 3.57. The lowest BCUT2D eigenvalue weighted by Gasteiger charge is -2.18. The molecule has 9 heteroatoms. The Morgan fingerprint density at radius 2 is 1.91 bits per heavy atom. The van der Waals surface area contributed by atoms with Crippen molar-refractivity contribution in [3.63, 3.8) is 0 Å². The van der Waals surface area contributed by atoms with Crippen LogP contribution in [-0.2, 0) is 12.2 Å². The third kappa shape index (κ3) is 5.08. The van der Waals surface area contributed by atoms with E-state index in [1.165, 1.54) is 23.0 Å². The fourth-order valence-corrected chi connectivity index (χ4v) is 3.76. The van der Waals surface area contributed by atoms with Gasteiger partial charge in [0.15, 0.2) is 0 Å². The van der Waals surface area contributed by atoms with E-state index in [1.54, 1.807) is 57.3 Å². The molecular formula is C26H24ClFN4O3. The molecule has 35 heavy (non-hydrogen) atoms. The zero-order chi connectivity index (χ0) is 25.3. The summed E-state index contributed by atoms with van der Waals surface area (Å²) in [5.74, 6) is -0.302. The van der Waals surface area contributed by atoms with Crippen LogP contribution in [0.15, 0.2) is 59.8 Å². The molecule has 0 atom stereocenters. The minimum atomic E-state index is -1.11. The van der Waals surface area contributed by atoms with Crippen molar-refractivity contribution >= 4 is 11.6 Å². The van der Waals surface area contributed by atoms with Crippen molar-refractivity contribution in [2.75, 3.05) is 0 Å². The number of halogens is 2. The Labute approximate surface area is 206 Å². The van der Waals surface area contributed by atoms with Gasteiger partial charge in [0.1, 0.15) is 28.8 Å². The van der Waals surface area contributed by atoms with Gasteiger partial charge in [0.25, 0.3) is 5.56 Å². The van der Waals surface area contributed by atoms with E-state index in [0.717, 1.165) is 5.56 Å². The van der Waals surface area contributed by atoms with Crippen molar-refractivity contribution in [2.45, 2.75) is 39.9 Å². The molecule has 0 bridgehead atoms. The predicted octanol–water partition coefficient (Wildman–Crippen LogP) is 4.91. The molecule has 4 aromatic rings. The Morgan fingerprint density at radius 1 is 1.14 bits per heavy atom. The molecule has 180 valence electrons. The number of aromatic nitrogens is 4. The highest BCUT2D eigenvalue weighted by Gasteiger charge is 2.20. The van der Waals surface area contributed by atoms with Crippen LogP contribution in [0.5, 0.6) is 5.75 Å². The third-order valence-corrected chi connectivity index (χ3v) is 5.83. The maximum absolute atomic E-state index is 13.9. The topological polar surface area (TPSA) is 90.1 Å². The van der Waals surface area contributed by atoms with Gasteiger partial charge in [0.2, 0.25) is 0 Å². The Bertz CT molecular complexity index is 1460. The van der Waals surface area contributed by atoms with Gasteiger partial charge >= 0.3 is 0 Å². The molecule has 0 aromatic carbocycles. The summed E-state index contributed by atoms with van der Waals surface area (Å²) in [6.45, 7) is 6.78. The lowest BCUT2D eigenvalue weighted by Crippen LogP contribution is -2.23. The number of hydrogen-bond acceptors (Lipinski definition) is 6. The molecule has 4 aromatic heterocycles. The summed E-state index contributed by atoms with van der Waals surface area (Å²) in [5, 5.41) is 10.2. The van der Waals surface area contributed by atoms with E-state index >= 15 is 0 Å². The SMILES string of the molecule is Cc1cnc(-c2cccc(C(C)(C)O)n2)cc1-n1c(C)cc(OCc2cnccc2F)c(Cl)c1=O. The maximum Gasteiger partial charge on any atom is 0.277 e. The van der Waals surface area contributed by atoms with E-state index in [2.05, 4.69) is 15.0 Å². The van der Waals surface area contributed by atoms with Gasteiger partial charge in [-0.25, -0.2) is 9.37 Å². The molecule has 4 rings (SSSR count). The molecule has 0 saturated carbocycles. The van der Waals surface area contributed by atoms with Crippen LogP contribution in [0.1, 0.15) is 36.4 Å². The number of aryl methyl sites for hydroxylation is 2. The standard InChI is InChI=1S/C26H24ClFN4O3/c1-15-12-30-20(19-6-5-7-23(31-19)26(3,4)34)11-21(15)32-16(2)10-22(24(27)25(32)33)35-14-17-13-29-9-8-18(17)28/h5-13,34H,14H2,1-4H3. The minimum Gasteiger partial charge on any atom is -0.487 e. The first-order valence-corrected chi connectivity index (χ1v) is 11.2. The normalized spacial score (nSPS) is 11.5. The Hall–Kier alpha value is -3.62. The Kier molecular flexibility index (Phi) is 6.69. The molecular weight excluding hydrogens is 471 g/mol. The van der Waals surface area contributed by atoms with Crippen LogP contribution >= 0.6 is 11.6 Å². The monoisotopic (exact) mass is 494 g/mol. The smallest absolute Gasteiger partial charge is 0.277 e. The van der Waals surface area contributed by atoms with Crippen molar-refractivity contribution < 1.29 is 14.2 Å². The number of pyridine rings is 4. The average Bonchev–Trinajstić information content (AvgIpc) is 2.82. The second kappa shape index (κ2) is 9.56. The van der Waals surface area contributed by atoms with Crippen LogP contribution in [0.25, 0.3) is 17.1 Å². The number of hydrogen-bond donors (Lipinski definition) is 1. The van der Waals surface area contributed by atoms with Gasteiger partial charge in [-0.05, 0) is 57.5 Å². The number of nitrogens with zero attached hydrogens (tertiary/aromatic N) is 4. The number of rotatable bonds is 6. The minimum absolute atomic E-state index is 0.121. The van der Waals surface area contributed by atoms with E-state index in [1.807, 2.05) is 6.92 Å². The zero-order valence-corrected chi connectivity index (χ0v) is 20.5. The van der Waals surface area contributed by atoms with Crippen molar-refractivity contribution in [1.29, 1.82) is 0 Å². The maximum atomic E-state index is 13.9. The van der Waals surface area contributed by atoms with Gasteiger partial charge < -0.3 is 9.84 Å². The Balaban J connectivity index is 1.73. The molecule has 0 radical (unpaired) electrons. The quantitative estimate of drug-likeness (QED) is 0.410. The summed E-state index contributed by atoms with van der Waals surface area (Å²) in [6.07, 6.45) is 4.36. The van der Waals surface area contributed by atoms with Crippen molar-refractivity contribution in [3.8, 4) is 22.8 Å². The van der Waals surface area contributed by atoms with Gasteiger partial charge in [-0.2, -0.15) is 0 Å². The van der Waals surface area contributed by atoms with Crippen LogP contribution in [0.2, 0.25) is 5.02 Å². The third-order valence-electron chi connectivity index (χ3n) is 5.48. The zero-order valence-electron chi connectivity index (χ0n) is 19.7. The first-order chi connectivity index (χ1) is 16.6. The molecule has 4 heterocycles. The molecule has 0 fully saturated rings. The molecule has 1 N–H and O–H groups in total. The highest BCUT2D eigenvalue weighted by molar-refractivity contribution is 6.31. The number of ether oxygens (including phenoxy) is 1. The van der Waals surface area contributed by atoms with E-state index in [4.69, 9.17) is 16.3 Å². The van der Waals surface area contributed by atoms with Crippen LogP contribution in [0.4, 0.5) is 4.39 Å². The van der Waals surface area contributed by atoms with Crippen LogP contribution in [0.3, 0.4) is 0 Å². The van der Waals surface area contributed by atoms with Crippen molar-refractivity contribution in [2.24, 2.45) is 0 Å². The summed E-state index contributed by atoms with van der Waals surface area (Å²) in [6, 6.07) is 9.94. The van der Waals surface area contributed by atoms with Gasteiger partial charge in [-0.15, -0.1) is 0 Å². The molecule has 0 aliphatic carbocycles. The average molecular weight is 495 g/mol. The second-order valence-corrected chi connectivity index (χ2v) is 9.06. The first kappa shape index (κ1) is 24.5. The van der Waals surface area contributed by atoms with Crippen LogP contribution < -0.4 is 10.3 Å². The first-order valence-electron chi connectivity index (χ1n) is 10.9. The largest absolute Gasteiger partial charge is 0.487 e. The molecule has 0 aliphatic heterocycles. The van der Waals surface area contributed by atoms with Crippen LogP contribution in [-0.4, -0.2) is 24.6 Å². The van der Waals surface area contributed by atoms with Gasteiger partial charge in [0, 0.05) is 35.9 Å². The predicted molar refractivity (Wildman–Crippen MR) is 131 cm³/mol. The second-order valence-electron chi connectivity index (χ2n) is 8.68. The summed E-state index contributed by atoms with van der Waals surface area (Å²) < 4.78 is 21.0. The summed E-state index contributed by atoms with van der Waals surface area (Å²) in [4.78, 5) is 26.2. The highest BCUT2D eigenvalue weighted by Crippen LogP contribution is 2.28. The highest BCUT2D eigenvalue weighted by atomic mass is 35.5. The summed E-state index contributed by atoms with van der Waals surface area (Å²) >= 11 is 6.38. The van der Waals surface area contributed by atoms with E-state index in [0.29, 0.717) is 28.5 Å². The van der Waals surface area contributed by atoms with Gasteiger partial charge in [-0.3, -0.25) is 19.3 Å². The molecule has 0 saturated heterocycles. The summed E-state index contributed by atoms with van der Waals surface area (Å²) in [7, 11) is 0. The fraction of sp³-hybridized carbons (Fsp3) is 0.231.